The van der Waals surface area contributed by atoms with Gasteiger partial charge in [0.15, 0.2) is 6.23 Å². The van der Waals surface area contributed by atoms with E-state index in [-0.39, 0.29) is 12.3 Å². The molecule has 1 fully saturated rings. The molecule has 0 amide bonds. The van der Waals surface area contributed by atoms with Crippen LogP contribution >= 0.6 is 0 Å². The van der Waals surface area contributed by atoms with Crippen LogP contribution in [0.4, 0.5) is 0 Å². The number of hydrogen-bond donors (Lipinski definition) is 0. The molecule has 0 aliphatic carbocycles. The van der Waals surface area contributed by atoms with E-state index < -0.39 is 0 Å². The summed E-state index contributed by atoms with van der Waals surface area (Å²) in [4.78, 5) is 0. The lowest BCUT2D eigenvalue weighted by atomic mass is 10.1. The van der Waals surface area contributed by atoms with Gasteiger partial charge >= 0.3 is 0 Å². The van der Waals surface area contributed by atoms with E-state index in [1.165, 1.54) is 0 Å². The molecule has 5 rings (SSSR count). The summed E-state index contributed by atoms with van der Waals surface area (Å²) >= 11 is 0. The van der Waals surface area contributed by atoms with Crippen molar-refractivity contribution in [3.05, 3.63) is 30.6 Å². The SMILES string of the molecule is C[C@H]1COCCOCCOc2ccc3c(c2)c(nn3C2CCCCO2)-c2cnn1c2. The fraction of sp³-hybridized carbons (Fsp3) is 0.545. The Kier molecular flexibility index (Phi) is 5.70. The zero-order valence-electron chi connectivity index (χ0n) is 17.3. The van der Waals surface area contributed by atoms with Gasteiger partial charge in [0.2, 0.25) is 0 Å². The molecule has 4 bridgehead atoms. The van der Waals surface area contributed by atoms with Crippen LogP contribution in [0.1, 0.15) is 38.5 Å². The van der Waals surface area contributed by atoms with E-state index in [4.69, 9.17) is 24.0 Å². The van der Waals surface area contributed by atoms with E-state index in [2.05, 4.69) is 24.2 Å². The molecule has 1 aromatic carbocycles. The smallest absolute Gasteiger partial charge is 0.150 e. The summed E-state index contributed by atoms with van der Waals surface area (Å²) in [7, 11) is 0. The maximum Gasteiger partial charge on any atom is 0.150 e. The predicted molar refractivity (Wildman–Crippen MR) is 112 cm³/mol. The van der Waals surface area contributed by atoms with E-state index in [0.717, 1.165) is 53.8 Å². The van der Waals surface area contributed by atoms with E-state index >= 15 is 0 Å². The molecule has 160 valence electrons. The minimum absolute atomic E-state index is 0.0355. The van der Waals surface area contributed by atoms with Crippen LogP contribution in [0.15, 0.2) is 30.6 Å². The third-order valence-corrected chi connectivity index (χ3v) is 5.66. The minimum atomic E-state index is -0.0355. The van der Waals surface area contributed by atoms with Crippen molar-refractivity contribution in [3.8, 4) is 17.0 Å². The van der Waals surface area contributed by atoms with Crippen LogP contribution in [0.25, 0.3) is 22.2 Å². The van der Waals surface area contributed by atoms with E-state index in [0.29, 0.717) is 33.0 Å². The van der Waals surface area contributed by atoms with E-state index in [1.54, 1.807) is 0 Å². The van der Waals surface area contributed by atoms with Crippen LogP contribution in [-0.2, 0) is 14.2 Å². The van der Waals surface area contributed by atoms with Crippen molar-refractivity contribution in [1.82, 2.24) is 19.6 Å². The number of ether oxygens (including phenoxy) is 4. The number of nitrogens with zero attached hydrogens (tertiary/aromatic N) is 4. The maximum atomic E-state index is 6.03. The summed E-state index contributed by atoms with van der Waals surface area (Å²) in [5, 5.41) is 10.6. The molecule has 1 unspecified atom stereocenters. The van der Waals surface area contributed by atoms with Crippen molar-refractivity contribution in [1.29, 1.82) is 0 Å². The molecule has 0 N–H and O–H groups in total. The lowest BCUT2D eigenvalue weighted by molar-refractivity contribution is -0.0365. The summed E-state index contributed by atoms with van der Waals surface area (Å²) in [5.74, 6) is 0.806. The van der Waals surface area contributed by atoms with Gasteiger partial charge in [-0.1, -0.05) is 0 Å². The Morgan fingerprint density at radius 3 is 2.83 bits per heavy atom. The summed E-state index contributed by atoms with van der Waals surface area (Å²) in [6, 6.07) is 6.25. The van der Waals surface area contributed by atoms with Crippen LogP contribution in [0.2, 0.25) is 0 Å². The highest BCUT2D eigenvalue weighted by atomic mass is 16.5. The number of aromatic nitrogens is 4. The molecule has 2 aliphatic heterocycles. The van der Waals surface area contributed by atoms with E-state index in [9.17, 15) is 0 Å². The van der Waals surface area contributed by atoms with Gasteiger partial charge in [-0.05, 0) is 44.4 Å². The molecule has 1 saturated heterocycles. The normalized spacial score (nSPS) is 23.5. The minimum Gasteiger partial charge on any atom is -0.491 e. The van der Waals surface area contributed by atoms with Crippen LogP contribution in [0, 0.1) is 0 Å². The highest BCUT2D eigenvalue weighted by molar-refractivity contribution is 5.94. The van der Waals surface area contributed by atoms with Crippen molar-refractivity contribution in [2.24, 2.45) is 0 Å². The van der Waals surface area contributed by atoms with Gasteiger partial charge in [-0.2, -0.15) is 10.2 Å². The fourth-order valence-corrected chi connectivity index (χ4v) is 4.03. The number of rotatable bonds is 1. The van der Waals surface area contributed by atoms with Gasteiger partial charge in [-0.3, -0.25) is 4.68 Å². The molecule has 3 aromatic rings. The Morgan fingerprint density at radius 2 is 1.93 bits per heavy atom. The molecule has 2 atom stereocenters. The molecule has 2 aromatic heterocycles. The first kappa shape index (κ1) is 19.5. The Morgan fingerprint density at radius 1 is 1.03 bits per heavy atom. The van der Waals surface area contributed by atoms with Gasteiger partial charge in [0, 0.05) is 23.8 Å². The topological polar surface area (TPSA) is 72.6 Å². The standard InChI is InChI=1S/C22H28N4O4/c1-16-15-28-9-8-27-10-11-29-18-5-6-20-19(12-18)22(17-13-23-25(16)14-17)24-26(20)21-4-2-3-7-30-21/h5-6,12-14,16,21H,2-4,7-11,15H2,1H3/t16-,21?/m0/s1. The molecular formula is C22H28N4O4. The van der Waals surface area contributed by atoms with Gasteiger partial charge < -0.3 is 18.9 Å². The lowest BCUT2D eigenvalue weighted by Gasteiger charge is -2.23. The zero-order chi connectivity index (χ0) is 20.3. The Labute approximate surface area is 175 Å². The molecule has 30 heavy (non-hydrogen) atoms. The molecule has 0 radical (unpaired) electrons. The Bertz CT molecular complexity index is 992. The zero-order valence-corrected chi connectivity index (χ0v) is 17.3. The number of fused-ring (bicyclic) bond motifs is 4. The second-order valence-electron chi connectivity index (χ2n) is 7.89. The molecule has 0 spiro atoms. The first-order chi connectivity index (χ1) is 14.8. The maximum absolute atomic E-state index is 6.03. The fourth-order valence-electron chi connectivity index (χ4n) is 4.03. The Balaban J connectivity index is 1.58. The second kappa shape index (κ2) is 8.75. The number of benzene rings is 1. The van der Waals surface area contributed by atoms with Gasteiger partial charge in [-0.15, -0.1) is 0 Å². The van der Waals surface area contributed by atoms with Gasteiger partial charge in [-0.25, -0.2) is 4.68 Å². The molecular weight excluding hydrogens is 384 g/mol. The van der Waals surface area contributed by atoms with Crippen molar-refractivity contribution >= 4 is 10.9 Å². The molecule has 0 saturated carbocycles. The highest BCUT2D eigenvalue weighted by Crippen LogP contribution is 2.35. The largest absolute Gasteiger partial charge is 0.491 e. The molecule has 8 heteroatoms. The van der Waals surface area contributed by atoms with Crippen molar-refractivity contribution < 1.29 is 18.9 Å². The quantitative estimate of drug-likeness (QED) is 0.608. The van der Waals surface area contributed by atoms with Crippen molar-refractivity contribution in [2.75, 3.05) is 39.6 Å². The summed E-state index contributed by atoms with van der Waals surface area (Å²) in [6.07, 6.45) is 7.11. The first-order valence-corrected chi connectivity index (χ1v) is 10.8. The third-order valence-electron chi connectivity index (χ3n) is 5.66. The third kappa shape index (κ3) is 3.95. The summed E-state index contributed by atoms with van der Waals surface area (Å²) in [5.41, 5.74) is 2.92. The van der Waals surface area contributed by atoms with Crippen molar-refractivity contribution in [3.63, 3.8) is 0 Å². The average molecular weight is 412 g/mol. The summed E-state index contributed by atoms with van der Waals surface area (Å²) in [6.45, 7) is 5.58. The van der Waals surface area contributed by atoms with Crippen molar-refractivity contribution in [2.45, 2.75) is 38.5 Å². The van der Waals surface area contributed by atoms with Gasteiger partial charge in [0.05, 0.1) is 44.2 Å². The monoisotopic (exact) mass is 412 g/mol. The van der Waals surface area contributed by atoms with Gasteiger partial charge in [0.25, 0.3) is 0 Å². The highest BCUT2D eigenvalue weighted by Gasteiger charge is 2.23. The summed E-state index contributed by atoms with van der Waals surface area (Å²) < 4.78 is 27.2. The molecule has 8 nitrogen and oxygen atoms in total. The molecule has 2 aliphatic rings. The van der Waals surface area contributed by atoms with Crippen LogP contribution in [-0.4, -0.2) is 59.2 Å². The number of hydrogen-bond acceptors (Lipinski definition) is 6. The first-order valence-electron chi connectivity index (χ1n) is 10.8. The van der Waals surface area contributed by atoms with E-state index in [1.807, 2.05) is 27.8 Å². The van der Waals surface area contributed by atoms with Crippen LogP contribution in [0.3, 0.4) is 0 Å². The average Bonchev–Trinajstić information content (AvgIpc) is 3.40. The Hall–Kier alpha value is -2.42. The van der Waals surface area contributed by atoms with Crippen LogP contribution < -0.4 is 4.74 Å². The predicted octanol–water partition coefficient (Wildman–Crippen LogP) is 3.59. The lowest BCUT2D eigenvalue weighted by Crippen LogP contribution is -2.19. The second-order valence-corrected chi connectivity index (χ2v) is 7.89. The van der Waals surface area contributed by atoms with Crippen LogP contribution in [0.5, 0.6) is 5.75 Å². The molecule has 4 heterocycles. The van der Waals surface area contributed by atoms with Gasteiger partial charge in [0.1, 0.15) is 18.1 Å².